The van der Waals surface area contributed by atoms with E-state index in [2.05, 4.69) is 11.6 Å². The van der Waals surface area contributed by atoms with Gasteiger partial charge in [-0.25, -0.2) is 0 Å². The van der Waals surface area contributed by atoms with Gasteiger partial charge in [0.2, 0.25) is 0 Å². The molecule has 1 atom stereocenters. The van der Waals surface area contributed by atoms with Crippen molar-refractivity contribution in [2.24, 2.45) is 0 Å². The average molecular weight is 213 g/mol. The quantitative estimate of drug-likeness (QED) is 0.792. The minimum Gasteiger partial charge on any atom is -0.392 e. The number of hydrogen-bond acceptors (Lipinski definition) is 2. The summed E-state index contributed by atoms with van der Waals surface area (Å²) in [6.07, 6.45) is 4.45. The Hall–Kier alpha value is -1.67. The molecule has 0 aliphatic rings. The lowest BCUT2D eigenvalue weighted by molar-refractivity contribution is 0.179. The summed E-state index contributed by atoms with van der Waals surface area (Å²) >= 11 is 0. The molecule has 0 saturated carbocycles. The lowest BCUT2D eigenvalue weighted by atomic mass is 10.0. The Balaban J connectivity index is 2.33. The molecule has 0 bridgehead atoms. The van der Waals surface area contributed by atoms with Gasteiger partial charge in [-0.1, -0.05) is 24.3 Å². The summed E-state index contributed by atoms with van der Waals surface area (Å²) in [5.41, 5.74) is 2.12. The van der Waals surface area contributed by atoms with E-state index >= 15 is 0 Å². The summed E-state index contributed by atoms with van der Waals surface area (Å²) in [4.78, 5) is 4.29. The number of nitrogens with zero attached hydrogens (tertiary/aromatic N) is 1. The van der Waals surface area contributed by atoms with E-state index in [9.17, 15) is 5.11 Å². The minimum atomic E-state index is -0.358. The standard InChI is InChI=1S/C14H15NO/c1-2-5-12(16)10-11-8-9-15-14-7-4-3-6-13(11)14/h2-4,6-9,12,16H,1,5,10H2. The van der Waals surface area contributed by atoms with Crippen molar-refractivity contribution >= 4 is 10.9 Å². The highest BCUT2D eigenvalue weighted by molar-refractivity contribution is 5.81. The zero-order valence-corrected chi connectivity index (χ0v) is 9.13. The Morgan fingerprint density at radius 3 is 2.94 bits per heavy atom. The Labute approximate surface area is 95.3 Å². The first-order chi connectivity index (χ1) is 7.81. The second kappa shape index (κ2) is 4.90. The van der Waals surface area contributed by atoms with Crippen molar-refractivity contribution in [3.05, 3.63) is 54.7 Å². The molecule has 1 N–H and O–H groups in total. The van der Waals surface area contributed by atoms with Crippen LogP contribution in [0, 0.1) is 0 Å². The van der Waals surface area contributed by atoms with Gasteiger partial charge in [-0.05, 0) is 30.5 Å². The SMILES string of the molecule is C=CCC(O)Cc1ccnc2ccccc12. The summed E-state index contributed by atoms with van der Waals surface area (Å²) in [5.74, 6) is 0. The van der Waals surface area contributed by atoms with Gasteiger partial charge in [0.1, 0.15) is 0 Å². The summed E-state index contributed by atoms with van der Waals surface area (Å²) in [7, 11) is 0. The van der Waals surface area contributed by atoms with Gasteiger partial charge >= 0.3 is 0 Å². The highest BCUT2D eigenvalue weighted by Crippen LogP contribution is 2.18. The van der Waals surface area contributed by atoms with E-state index in [0.717, 1.165) is 16.5 Å². The van der Waals surface area contributed by atoms with Crippen LogP contribution in [0.4, 0.5) is 0 Å². The summed E-state index contributed by atoms with van der Waals surface area (Å²) in [5, 5.41) is 10.9. The zero-order valence-electron chi connectivity index (χ0n) is 9.13. The molecule has 1 unspecified atom stereocenters. The molecule has 1 heterocycles. The number of hydrogen-bond donors (Lipinski definition) is 1. The normalized spacial score (nSPS) is 12.6. The van der Waals surface area contributed by atoms with Crippen LogP contribution in [0.5, 0.6) is 0 Å². The van der Waals surface area contributed by atoms with Crippen molar-refractivity contribution in [1.29, 1.82) is 0 Å². The molecule has 2 heteroatoms. The molecule has 0 saturated heterocycles. The topological polar surface area (TPSA) is 33.1 Å². The number of fused-ring (bicyclic) bond motifs is 1. The van der Waals surface area contributed by atoms with Gasteiger partial charge in [-0.2, -0.15) is 0 Å². The van der Waals surface area contributed by atoms with E-state index < -0.39 is 0 Å². The van der Waals surface area contributed by atoms with Crippen molar-refractivity contribution in [3.8, 4) is 0 Å². The molecule has 0 aliphatic carbocycles. The van der Waals surface area contributed by atoms with Gasteiger partial charge in [0.25, 0.3) is 0 Å². The summed E-state index contributed by atoms with van der Waals surface area (Å²) < 4.78 is 0. The second-order valence-corrected chi connectivity index (χ2v) is 3.87. The fourth-order valence-electron chi connectivity index (χ4n) is 1.86. The Kier molecular flexibility index (Phi) is 3.32. The van der Waals surface area contributed by atoms with Crippen LogP contribution in [0.2, 0.25) is 0 Å². The maximum Gasteiger partial charge on any atom is 0.0704 e. The fourth-order valence-corrected chi connectivity index (χ4v) is 1.86. The lowest BCUT2D eigenvalue weighted by Gasteiger charge is -2.10. The highest BCUT2D eigenvalue weighted by atomic mass is 16.3. The molecule has 82 valence electrons. The fraction of sp³-hybridized carbons (Fsp3) is 0.214. The maximum atomic E-state index is 9.77. The van der Waals surface area contributed by atoms with Crippen molar-refractivity contribution < 1.29 is 5.11 Å². The molecule has 0 amide bonds. The maximum absolute atomic E-state index is 9.77. The third kappa shape index (κ3) is 2.28. The Morgan fingerprint density at radius 1 is 1.31 bits per heavy atom. The Bertz CT molecular complexity index is 488. The molecule has 2 nitrogen and oxygen atoms in total. The number of aliphatic hydroxyl groups excluding tert-OH is 1. The van der Waals surface area contributed by atoms with Gasteiger partial charge in [-0.15, -0.1) is 6.58 Å². The van der Waals surface area contributed by atoms with E-state index in [-0.39, 0.29) is 6.10 Å². The van der Waals surface area contributed by atoms with Gasteiger partial charge in [0.05, 0.1) is 11.6 Å². The van der Waals surface area contributed by atoms with E-state index in [1.165, 1.54) is 0 Å². The number of benzene rings is 1. The smallest absolute Gasteiger partial charge is 0.0704 e. The molecule has 1 aromatic heterocycles. The summed E-state index contributed by atoms with van der Waals surface area (Å²) in [6, 6.07) is 9.96. The molecular formula is C14H15NO. The van der Waals surface area contributed by atoms with Gasteiger partial charge in [-0.3, -0.25) is 4.98 Å². The highest BCUT2D eigenvalue weighted by Gasteiger charge is 2.06. The summed E-state index contributed by atoms with van der Waals surface area (Å²) in [6.45, 7) is 3.63. The lowest BCUT2D eigenvalue weighted by Crippen LogP contribution is -2.09. The van der Waals surface area contributed by atoms with Crippen LogP contribution in [0.25, 0.3) is 10.9 Å². The molecule has 2 rings (SSSR count). The van der Waals surface area contributed by atoms with Crippen molar-refractivity contribution in [2.75, 3.05) is 0 Å². The second-order valence-electron chi connectivity index (χ2n) is 3.87. The predicted octanol–water partition coefficient (Wildman–Crippen LogP) is 2.71. The van der Waals surface area contributed by atoms with E-state index in [1.54, 1.807) is 12.3 Å². The minimum absolute atomic E-state index is 0.358. The van der Waals surface area contributed by atoms with Gasteiger partial charge in [0.15, 0.2) is 0 Å². The van der Waals surface area contributed by atoms with Crippen molar-refractivity contribution in [3.63, 3.8) is 0 Å². The first kappa shape index (κ1) is 10.8. The number of rotatable bonds is 4. The van der Waals surface area contributed by atoms with E-state index in [0.29, 0.717) is 12.8 Å². The molecule has 2 aromatic rings. The van der Waals surface area contributed by atoms with Gasteiger partial charge in [0, 0.05) is 11.6 Å². The van der Waals surface area contributed by atoms with Crippen LogP contribution in [-0.2, 0) is 6.42 Å². The molecule has 0 spiro atoms. The van der Waals surface area contributed by atoms with Crippen LogP contribution in [0.1, 0.15) is 12.0 Å². The van der Waals surface area contributed by atoms with E-state index in [4.69, 9.17) is 0 Å². The molecular weight excluding hydrogens is 198 g/mol. The molecule has 0 radical (unpaired) electrons. The predicted molar refractivity (Wildman–Crippen MR) is 66.3 cm³/mol. The van der Waals surface area contributed by atoms with Crippen LogP contribution in [0.15, 0.2) is 49.2 Å². The van der Waals surface area contributed by atoms with Gasteiger partial charge < -0.3 is 5.11 Å². The van der Waals surface area contributed by atoms with Crippen molar-refractivity contribution in [2.45, 2.75) is 18.9 Å². The van der Waals surface area contributed by atoms with Crippen LogP contribution in [-0.4, -0.2) is 16.2 Å². The average Bonchev–Trinajstić information content (AvgIpc) is 2.30. The van der Waals surface area contributed by atoms with Crippen LogP contribution < -0.4 is 0 Å². The molecule has 16 heavy (non-hydrogen) atoms. The monoisotopic (exact) mass is 213 g/mol. The van der Waals surface area contributed by atoms with Crippen LogP contribution in [0.3, 0.4) is 0 Å². The third-order valence-corrected chi connectivity index (χ3v) is 2.63. The Morgan fingerprint density at radius 2 is 2.12 bits per heavy atom. The van der Waals surface area contributed by atoms with Crippen LogP contribution >= 0.6 is 0 Å². The molecule has 0 aliphatic heterocycles. The molecule has 0 fully saturated rings. The first-order valence-corrected chi connectivity index (χ1v) is 5.43. The number of aromatic nitrogens is 1. The van der Waals surface area contributed by atoms with E-state index in [1.807, 2.05) is 30.3 Å². The zero-order chi connectivity index (χ0) is 11.4. The largest absolute Gasteiger partial charge is 0.392 e. The number of para-hydroxylation sites is 1. The number of aliphatic hydroxyl groups is 1. The molecule has 1 aromatic carbocycles. The first-order valence-electron chi connectivity index (χ1n) is 5.43. The third-order valence-electron chi connectivity index (χ3n) is 2.63. The van der Waals surface area contributed by atoms with Crippen molar-refractivity contribution in [1.82, 2.24) is 4.98 Å². The number of pyridine rings is 1.